The smallest absolute Gasteiger partial charge is 0.0560 e. The lowest BCUT2D eigenvalue weighted by molar-refractivity contribution is 0.868. The lowest BCUT2D eigenvalue weighted by Crippen LogP contribution is -2.20. The van der Waals surface area contributed by atoms with E-state index < -0.39 is 0 Å². The van der Waals surface area contributed by atoms with E-state index in [1.54, 1.807) is 6.20 Å². The summed E-state index contributed by atoms with van der Waals surface area (Å²) in [5, 5.41) is 0. The Labute approximate surface area is 107 Å². The molecule has 0 unspecified atom stereocenters. The van der Waals surface area contributed by atoms with Gasteiger partial charge in [0.1, 0.15) is 0 Å². The Balaban J connectivity index is 1.97. The summed E-state index contributed by atoms with van der Waals surface area (Å²) in [7, 11) is 2.08. The maximum absolute atomic E-state index is 5.60. The van der Waals surface area contributed by atoms with Crippen molar-refractivity contribution in [1.29, 1.82) is 0 Å². The van der Waals surface area contributed by atoms with Gasteiger partial charge in [-0.05, 0) is 36.2 Å². The van der Waals surface area contributed by atoms with Crippen molar-refractivity contribution in [3.63, 3.8) is 0 Å². The van der Waals surface area contributed by atoms with Gasteiger partial charge in [-0.1, -0.05) is 0 Å². The number of nitrogens with two attached hydrogens (primary N) is 1. The highest BCUT2D eigenvalue weighted by atomic mass is 15.1. The van der Waals surface area contributed by atoms with Gasteiger partial charge in [0.05, 0.1) is 5.69 Å². The molecule has 0 amide bonds. The molecule has 0 spiro atoms. The predicted octanol–water partition coefficient (Wildman–Crippen LogP) is 1.61. The van der Waals surface area contributed by atoms with Gasteiger partial charge in [-0.25, -0.2) is 0 Å². The van der Waals surface area contributed by atoms with E-state index in [-0.39, 0.29) is 0 Å². The predicted molar refractivity (Wildman–Crippen MR) is 73.3 cm³/mol. The molecule has 0 aliphatic carbocycles. The van der Waals surface area contributed by atoms with E-state index in [4.69, 9.17) is 5.73 Å². The molecule has 0 aliphatic rings. The van der Waals surface area contributed by atoms with Crippen LogP contribution in [-0.2, 0) is 13.0 Å². The fourth-order valence-corrected chi connectivity index (χ4v) is 1.79. The molecule has 0 atom stereocenters. The fraction of sp³-hybridized carbons (Fsp3) is 0.286. The maximum atomic E-state index is 5.60. The molecule has 2 N–H and O–H groups in total. The third-order valence-corrected chi connectivity index (χ3v) is 2.94. The maximum Gasteiger partial charge on any atom is 0.0560 e. The molecule has 0 aromatic carbocycles. The summed E-state index contributed by atoms with van der Waals surface area (Å²) >= 11 is 0. The van der Waals surface area contributed by atoms with Gasteiger partial charge in [-0.15, -0.1) is 0 Å². The first-order valence-corrected chi connectivity index (χ1v) is 6.04. The van der Waals surface area contributed by atoms with Gasteiger partial charge in [0.15, 0.2) is 0 Å². The number of pyridine rings is 2. The highest BCUT2D eigenvalue weighted by Crippen LogP contribution is 2.13. The van der Waals surface area contributed by atoms with E-state index in [0.717, 1.165) is 24.3 Å². The monoisotopic (exact) mass is 242 g/mol. The van der Waals surface area contributed by atoms with E-state index in [1.165, 1.54) is 5.56 Å². The Bertz CT molecular complexity index is 484. The molecule has 2 aromatic heterocycles. The number of hydrogen-bond donors (Lipinski definition) is 1. The number of aromatic nitrogens is 2. The third-order valence-electron chi connectivity index (χ3n) is 2.94. The Kier molecular flexibility index (Phi) is 4.25. The minimum absolute atomic E-state index is 0.478. The summed E-state index contributed by atoms with van der Waals surface area (Å²) in [6.45, 7) is 1.43. The lowest BCUT2D eigenvalue weighted by Gasteiger charge is -2.19. The molecule has 2 aromatic rings. The van der Waals surface area contributed by atoms with Crippen LogP contribution in [0.4, 0.5) is 5.69 Å². The first-order chi connectivity index (χ1) is 8.79. The number of hydrogen-bond acceptors (Lipinski definition) is 4. The summed E-state index contributed by atoms with van der Waals surface area (Å²) < 4.78 is 0. The van der Waals surface area contributed by atoms with Crippen molar-refractivity contribution in [2.75, 3.05) is 18.5 Å². The zero-order valence-electron chi connectivity index (χ0n) is 10.6. The van der Waals surface area contributed by atoms with Gasteiger partial charge in [0.2, 0.25) is 0 Å². The second-order valence-corrected chi connectivity index (χ2v) is 4.24. The second-order valence-electron chi connectivity index (χ2n) is 4.24. The van der Waals surface area contributed by atoms with Crippen molar-refractivity contribution < 1.29 is 0 Å². The Morgan fingerprint density at radius 1 is 1.17 bits per heavy atom. The van der Waals surface area contributed by atoms with E-state index in [0.29, 0.717) is 6.54 Å². The minimum Gasteiger partial charge on any atom is -0.374 e. The van der Waals surface area contributed by atoms with Gasteiger partial charge in [-0.2, -0.15) is 0 Å². The fourth-order valence-electron chi connectivity index (χ4n) is 1.79. The van der Waals surface area contributed by atoms with Crippen molar-refractivity contribution in [1.82, 2.24) is 9.97 Å². The summed E-state index contributed by atoms with van der Waals surface area (Å²) in [6.07, 6.45) is 6.46. The molecule has 0 aliphatic heterocycles. The molecule has 4 heteroatoms. The van der Waals surface area contributed by atoms with Crippen LogP contribution in [0.15, 0.2) is 42.9 Å². The topological polar surface area (TPSA) is 55.0 Å². The Hall–Kier alpha value is -1.94. The van der Waals surface area contributed by atoms with Crippen LogP contribution >= 0.6 is 0 Å². The summed E-state index contributed by atoms with van der Waals surface area (Å²) in [4.78, 5) is 10.4. The van der Waals surface area contributed by atoms with Gasteiger partial charge in [0.25, 0.3) is 0 Å². The summed E-state index contributed by atoms with van der Waals surface area (Å²) in [5.41, 5.74) is 8.96. The van der Waals surface area contributed by atoms with Crippen molar-refractivity contribution in [3.05, 3.63) is 54.1 Å². The lowest BCUT2D eigenvalue weighted by atomic mass is 10.2. The van der Waals surface area contributed by atoms with E-state index in [2.05, 4.69) is 21.9 Å². The largest absolute Gasteiger partial charge is 0.374 e. The first kappa shape index (κ1) is 12.5. The molecule has 4 nitrogen and oxygen atoms in total. The highest BCUT2D eigenvalue weighted by molar-refractivity contribution is 5.45. The zero-order valence-corrected chi connectivity index (χ0v) is 10.6. The summed E-state index contributed by atoms with van der Waals surface area (Å²) in [5.74, 6) is 0. The quantitative estimate of drug-likeness (QED) is 0.865. The molecule has 0 radical (unpaired) electrons. The zero-order chi connectivity index (χ0) is 12.8. The molecular weight excluding hydrogens is 224 g/mol. The molecule has 2 heterocycles. The molecule has 94 valence electrons. The summed E-state index contributed by atoms with van der Waals surface area (Å²) in [6, 6.07) is 8.13. The van der Waals surface area contributed by atoms with Crippen molar-refractivity contribution in [2.45, 2.75) is 13.0 Å². The molecule has 18 heavy (non-hydrogen) atoms. The first-order valence-electron chi connectivity index (χ1n) is 6.04. The van der Waals surface area contributed by atoms with Crippen LogP contribution in [0.25, 0.3) is 0 Å². The molecule has 0 saturated heterocycles. The number of likely N-dealkylation sites (N-methyl/N-ethyl adjacent to an activating group) is 1. The number of nitrogens with zero attached hydrogens (tertiary/aromatic N) is 3. The van der Waals surface area contributed by atoms with Crippen LogP contribution in [0, 0.1) is 0 Å². The van der Waals surface area contributed by atoms with Gasteiger partial charge >= 0.3 is 0 Å². The van der Waals surface area contributed by atoms with Crippen LogP contribution in [-0.4, -0.2) is 23.6 Å². The van der Waals surface area contributed by atoms with Gasteiger partial charge in [0, 0.05) is 44.4 Å². The molecule has 0 fully saturated rings. The number of rotatable bonds is 5. The Morgan fingerprint density at radius 2 is 1.94 bits per heavy atom. The van der Waals surface area contributed by atoms with Gasteiger partial charge < -0.3 is 10.6 Å². The molecule has 2 rings (SSSR count). The highest BCUT2D eigenvalue weighted by Gasteiger charge is 2.02. The van der Waals surface area contributed by atoms with Crippen LogP contribution in [0.3, 0.4) is 0 Å². The average molecular weight is 242 g/mol. The third kappa shape index (κ3) is 3.28. The van der Waals surface area contributed by atoms with Crippen molar-refractivity contribution >= 4 is 5.69 Å². The van der Waals surface area contributed by atoms with Crippen LogP contribution < -0.4 is 10.6 Å². The molecule has 0 saturated carbocycles. The second kappa shape index (κ2) is 6.12. The molecular formula is C14H18N4. The van der Waals surface area contributed by atoms with Gasteiger partial charge in [-0.3, -0.25) is 9.97 Å². The minimum atomic E-state index is 0.478. The van der Waals surface area contributed by atoms with Crippen LogP contribution in [0.2, 0.25) is 0 Å². The number of anilines is 1. The van der Waals surface area contributed by atoms with E-state index in [1.807, 2.05) is 36.7 Å². The standard InChI is InChI=1S/C14H18N4/c1-18(9-5-12-2-6-16-7-3-12)14-4-8-17-13(10-14)11-15/h2-4,6-8,10H,5,9,11,15H2,1H3. The SMILES string of the molecule is CN(CCc1ccncc1)c1ccnc(CN)c1. The average Bonchev–Trinajstić information content (AvgIpc) is 2.46. The van der Waals surface area contributed by atoms with Crippen molar-refractivity contribution in [2.24, 2.45) is 5.73 Å². The van der Waals surface area contributed by atoms with Crippen LogP contribution in [0.5, 0.6) is 0 Å². The molecule has 0 bridgehead atoms. The van der Waals surface area contributed by atoms with E-state index >= 15 is 0 Å². The van der Waals surface area contributed by atoms with Crippen LogP contribution in [0.1, 0.15) is 11.3 Å². The Morgan fingerprint density at radius 3 is 2.67 bits per heavy atom. The normalized spacial score (nSPS) is 10.3. The van der Waals surface area contributed by atoms with E-state index in [9.17, 15) is 0 Å². The van der Waals surface area contributed by atoms with Crippen molar-refractivity contribution in [3.8, 4) is 0 Å².